The summed E-state index contributed by atoms with van der Waals surface area (Å²) < 4.78 is 0. The fraction of sp³-hybridized carbons (Fsp3) is 0.538. The first-order chi connectivity index (χ1) is 7.72. The number of nitrogens with one attached hydrogen (secondary N) is 1. The summed E-state index contributed by atoms with van der Waals surface area (Å²) in [6, 6.07) is 6.87. The lowest BCUT2D eigenvalue weighted by Crippen LogP contribution is -2.30. The van der Waals surface area contributed by atoms with Gasteiger partial charge in [0.05, 0.1) is 0 Å². The molecule has 88 valence electrons. The molecule has 2 nitrogen and oxygen atoms in total. The van der Waals surface area contributed by atoms with E-state index in [1.807, 2.05) is 13.1 Å². The summed E-state index contributed by atoms with van der Waals surface area (Å²) in [6.07, 6.45) is 2.38. The number of hydrogen-bond donors (Lipinski definition) is 1. The Morgan fingerprint density at radius 1 is 1.50 bits per heavy atom. The molecule has 3 heteroatoms. The molecule has 0 saturated heterocycles. The summed E-state index contributed by atoms with van der Waals surface area (Å²) in [4.78, 5) is 2.43. The fourth-order valence-corrected chi connectivity index (χ4v) is 2.66. The zero-order valence-electron chi connectivity index (χ0n) is 9.96. The summed E-state index contributed by atoms with van der Waals surface area (Å²) in [5, 5.41) is 4.05. The predicted molar refractivity (Wildman–Crippen MR) is 69.1 cm³/mol. The van der Waals surface area contributed by atoms with Crippen molar-refractivity contribution >= 4 is 11.6 Å². The summed E-state index contributed by atoms with van der Waals surface area (Å²) >= 11 is 6.01. The molecule has 1 aliphatic rings. The predicted octanol–water partition coefficient (Wildman–Crippen LogP) is 2.48. The third-order valence-electron chi connectivity index (χ3n) is 3.40. The van der Waals surface area contributed by atoms with Crippen molar-refractivity contribution in [1.29, 1.82) is 0 Å². The van der Waals surface area contributed by atoms with Crippen LogP contribution < -0.4 is 5.32 Å². The van der Waals surface area contributed by atoms with Crippen molar-refractivity contribution < 1.29 is 0 Å². The van der Waals surface area contributed by atoms with Gasteiger partial charge in [0.15, 0.2) is 0 Å². The van der Waals surface area contributed by atoms with Crippen molar-refractivity contribution in [2.45, 2.75) is 18.9 Å². The molecular formula is C13H19ClN2. The van der Waals surface area contributed by atoms with E-state index in [-0.39, 0.29) is 0 Å². The number of rotatable bonds is 4. The van der Waals surface area contributed by atoms with Crippen LogP contribution in [0.5, 0.6) is 0 Å². The van der Waals surface area contributed by atoms with Crippen LogP contribution in [0.1, 0.15) is 23.6 Å². The smallest absolute Gasteiger partial charge is 0.0408 e. The number of likely N-dealkylation sites (N-methyl/N-ethyl adjacent to an activating group) is 2. The Hall–Kier alpha value is -0.570. The quantitative estimate of drug-likeness (QED) is 0.867. The van der Waals surface area contributed by atoms with E-state index in [9.17, 15) is 0 Å². The van der Waals surface area contributed by atoms with Crippen molar-refractivity contribution in [2.75, 3.05) is 27.2 Å². The number of halogens is 1. The van der Waals surface area contributed by atoms with Gasteiger partial charge in [-0.2, -0.15) is 0 Å². The lowest BCUT2D eigenvalue weighted by Gasteiger charge is -2.25. The molecule has 16 heavy (non-hydrogen) atoms. The Balaban J connectivity index is 2.11. The molecule has 0 saturated carbocycles. The molecule has 1 aromatic carbocycles. The first-order valence-electron chi connectivity index (χ1n) is 5.85. The van der Waals surface area contributed by atoms with Crippen molar-refractivity contribution in [3.63, 3.8) is 0 Å². The summed E-state index contributed by atoms with van der Waals surface area (Å²) in [5.74, 6) is 0. The maximum atomic E-state index is 6.01. The zero-order chi connectivity index (χ0) is 11.5. The molecular weight excluding hydrogens is 220 g/mol. The summed E-state index contributed by atoms with van der Waals surface area (Å²) in [5.41, 5.74) is 2.89. The number of hydrogen-bond acceptors (Lipinski definition) is 2. The Bertz CT molecular complexity index is 365. The Kier molecular flexibility index (Phi) is 3.85. The molecule has 1 unspecified atom stereocenters. The Morgan fingerprint density at radius 3 is 3.06 bits per heavy atom. The van der Waals surface area contributed by atoms with E-state index in [4.69, 9.17) is 11.6 Å². The number of nitrogens with zero attached hydrogens (tertiary/aromatic N) is 1. The molecule has 1 aromatic rings. The van der Waals surface area contributed by atoms with Crippen molar-refractivity contribution in [2.24, 2.45) is 0 Å². The summed E-state index contributed by atoms with van der Waals surface area (Å²) in [7, 11) is 4.20. The van der Waals surface area contributed by atoms with E-state index in [1.54, 1.807) is 0 Å². The maximum Gasteiger partial charge on any atom is 0.0408 e. The molecule has 0 amide bonds. The number of fused-ring (bicyclic) bond motifs is 1. The van der Waals surface area contributed by atoms with Gasteiger partial charge in [0, 0.05) is 24.2 Å². The van der Waals surface area contributed by atoms with Crippen molar-refractivity contribution in [1.82, 2.24) is 10.2 Å². The van der Waals surface area contributed by atoms with E-state index in [0.717, 1.165) is 24.5 Å². The van der Waals surface area contributed by atoms with Crippen LogP contribution in [0.3, 0.4) is 0 Å². The largest absolute Gasteiger partial charge is 0.318 e. The number of aryl methyl sites for hydroxylation is 1. The van der Waals surface area contributed by atoms with Crippen LogP contribution >= 0.6 is 11.6 Å². The highest BCUT2D eigenvalue weighted by Gasteiger charge is 2.25. The average molecular weight is 239 g/mol. The lowest BCUT2D eigenvalue weighted by molar-refractivity contribution is 0.246. The topological polar surface area (TPSA) is 15.3 Å². The Labute approximate surface area is 103 Å². The van der Waals surface area contributed by atoms with E-state index in [0.29, 0.717) is 6.04 Å². The van der Waals surface area contributed by atoms with Crippen LogP contribution in [0.15, 0.2) is 18.2 Å². The SMILES string of the molecule is CNCCN(C)C1CCc2cc(Cl)ccc21. The third-order valence-corrected chi connectivity index (χ3v) is 3.63. The minimum Gasteiger partial charge on any atom is -0.318 e. The second-order valence-electron chi connectivity index (χ2n) is 4.48. The highest BCUT2D eigenvalue weighted by molar-refractivity contribution is 6.30. The van der Waals surface area contributed by atoms with Crippen LogP contribution in [0.2, 0.25) is 5.02 Å². The van der Waals surface area contributed by atoms with Crippen LogP contribution in [0.4, 0.5) is 0 Å². The molecule has 0 heterocycles. The molecule has 1 aliphatic carbocycles. The van der Waals surface area contributed by atoms with Gasteiger partial charge in [-0.05, 0) is 50.2 Å². The van der Waals surface area contributed by atoms with Gasteiger partial charge in [-0.1, -0.05) is 17.7 Å². The highest BCUT2D eigenvalue weighted by Crippen LogP contribution is 2.36. The minimum absolute atomic E-state index is 0.570. The summed E-state index contributed by atoms with van der Waals surface area (Å²) in [6.45, 7) is 2.12. The zero-order valence-corrected chi connectivity index (χ0v) is 10.7. The number of benzene rings is 1. The van der Waals surface area contributed by atoms with E-state index in [2.05, 4.69) is 29.4 Å². The average Bonchev–Trinajstić information content (AvgIpc) is 2.68. The lowest BCUT2D eigenvalue weighted by atomic mass is 10.1. The first kappa shape index (κ1) is 11.9. The second kappa shape index (κ2) is 5.17. The Morgan fingerprint density at radius 2 is 2.31 bits per heavy atom. The molecule has 0 aromatic heterocycles. The highest BCUT2D eigenvalue weighted by atomic mass is 35.5. The van der Waals surface area contributed by atoms with Gasteiger partial charge in [-0.25, -0.2) is 0 Å². The van der Waals surface area contributed by atoms with Crippen molar-refractivity contribution in [3.05, 3.63) is 34.3 Å². The molecule has 0 bridgehead atoms. The molecule has 0 spiro atoms. The van der Waals surface area contributed by atoms with Crippen LogP contribution in [0, 0.1) is 0 Å². The minimum atomic E-state index is 0.570. The van der Waals surface area contributed by atoms with Gasteiger partial charge in [0.25, 0.3) is 0 Å². The fourth-order valence-electron chi connectivity index (χ4n) is 2.47. The molecule has 0 radical (unpaired) electrons. The van der Waals surface area contributed by atoms with Gasteiger partial charge in [0.1, 0.15) is 0 Å². The van der Waals surface area contributed by atoms with E-state index < -0.39 is 0 Å². The molecule has 0 aliphatic heterocycles. The van der Waals surface area contributed by atoms with Gasteiger partial charge >= 0.3 is 0 Å². The second-order valence-corrected chi connectivity index (χ2v) is 4.92. The molecule has 1 N–H and O–H groups in total. The molecule has 2 rings (SSSR count). The molecule has 0 fully saturated rings. The standard InChI is InChI=1S/C13H19ClN2/c1-15-7-8-16(2)13-6-3-10-9-11(14)4-5-12(10)13/h4-5,9,13,15H,3,6-8H2,1-2H3. The van der Waals surface area contributed by atoms with Gasteiger partial charge in [-0.15, -0.1) is 0 Å². The van der Waals surface area contributed by atoms with Gasteiger partial charge in [-0.3, -0.25) is 4.90 Å². The van der Waals surface area contributed by atoms with Crippen LogP contribution in [-0.4, -0.2) is 32.1 Å². The van der Waals surface area contributed by atoms with Gasteiger partial charge < -0.3 is 5.32 Å². The van der Waals surface area contributed by atoms with Gasteiger partial charge in [0.2, 0.25) is 0 Å². The van der Waals surface area contributed by atoms with Crippen LogP contribution in [0.25, 0.3) is 0 Å². The third kappa shape index (κ3) is 2.40. The normalized spacial score (nSPS) is 19.1. The monoisotopic (exact) mass is 238 g/mol. The van der Waals surface area contributed by atoms with Crippen LogP contribution in [-0.2, 0) is 6.42 Å². The molecule has 1 atom stereocenters. The van der Waals surface area contributed by atoms with E-state index in [1.165, 1.54) is 17.5 Å². The van der Waals surface area contributed by atoms with Crippen molar-refractivity contribution in [3.8, 4) is 0 Å². The van der Waals surface area contributed by atoms with E-state index >= 15 is 0 Å². The maximum absolute atomic E-state index is 6.01. The first-order valence-corrected chi connectivity index (χ1v) is 6.23.